The lowest BCUT2D eigenvalue weighted by Gasteiger charge is -2.34. The maximum absolute atomic E-state index is 11.2. The maximum atomic E-state index is 11.2. The average Bonchev–Trinajstić information content (AvgIpc) is 2.38. The Hall–Kier alpha value is -1.62. The number of nitrogens with zero attached hydrogens (tertiary/aromatic N) is 2. The molecule has 18 heavy (non-hydrogen) atoms. The fourth-order valence-electron chi connectivity index (χ4n) is 2.16. The Morgan fingerprint density at radius 2 is 2.44 bits per heavy atom. The van der Waals surface area contributed by atoms with Gasteiger partial charge in [0, 0.05) is 25.0 Å². The minimum Gasteiger partial charge on any atom is -0.478 e. The van der Waals surface area contributed by atoms with Gasteiger partial charge in [0.1, 0.15) is 5.56 Å². The number of aromatic carboxylic acids is 1. The lowest BCUT2D eigenvalue weighted by Crippen LogP contribution is -2.42. The van der Waals surface area contributed by atoms with E-state index < -0.39 is 5.97 Å². The molecule has 1 N–H and O–H groups in total. The Labute approximate surface area is 106 Å². The van der Waals surface area contributed by atoms with Crippen LogP contribution >= 0.6 is 0 Å². The minimum absolute atomic E-state index is 0.175. The van der Waals surface area contributed by atoms with Gasteiger partial charge in [0.25, 0.3) is 0 Å². The molecule has 1 unspecified atom stereocenters. The van der Waals surface area contributed by atoms with Crippen LogP contribution in [-0.4, -0.2) is 41.9 Å². The van der Waals surface area contributed by atoms with Crippen LogP contribution in [0.2, 0.25) is 0 Å². The summed E-state index contributed by atoms with van der Waals surface area (Å²) in [6.45, 7) is 6.04. The molecule has 98 valence electrons. The zero-order chi connectivity index (χ0) is 13.1. The van der Waals surface area contributed by atoms with E-state index in [9.17, 15) is 9.90 Å². The second-order valence-electron chi connectivity index (χ2n) is 4.50. The van der Waals surface area contributed by atoms with Crippen molar-refractivity contribution >= 4 is 11.7 Å². The Morgan fingerprint density at radius 3 is 3.11 bits per heavy atom. The predicted molar refractivity (Wildman–Crippen MR) is 68.2 cm³/mol. The van der Waals surface area contributed by atoms with Crippen LogP contribution in [0.1, 0.15) is 29.4 Å². The van der Waals surface area contributed by atoms with E-state index in [1.807, 2.05) is 13.0 Å². The molecule has 0 spiro atoms. The Morgan fingerprint density at radius 1 is 1.67 bits per heavy atom. The van der Waals surface area contributed by atoms with Gasteiger partial charge in [0.2, 0.25) is 0 Å². The van der Waals surface area contributed by atoms with Gasteiger partial charge in [-0.2, -0.15) is 0 Å². The van der Waals surface area contributed by atoms with E-state index in [0.29, 0.717) is 6.61 Å². The number of hydrogen-bond acceptors (Lipinski definition) is 4. The molecule has 2 rings (SSSR count). The van der Waals surface area contributed by atoms with Gasteiger partial charge >= 0.3 is 5.97 Å². The van der Waals surface area contributed by atoms with Crippen molar-refractivity contribution in [3.05, 3.63) is 23.5 Å². The van der Waals surface area contributed by atoms with Crippen molar-refractivity contribution in [1.29, 1.82) is 0 Å². The number of ether oxygens (including phenoxy) is 1. The van der Waals surface area contributed by atoms with Crippen molar-refractivity contribution in [2.45, 2.75) is 26.4 Å². The third-order valence-electron chi connectivity index (χ3n) is 3.18. The molecule has 2 heterocycles. The molecular weight excluding hydrogens is 232 g/mol. The Kier molecular flexibility index (Phi) is 3.81. The largest absolute Gasteiger partial charge is 0.478 e. The van der Waals surface area contributed by atoms with Crippen LogP contribution in [0, 0.1) is 6.92 Å². The fourth-order valence-corrected chi connectivity index (χ4v) is 2.16. The first-order valence-electron chi connectivity index (χ1n) is 6.18. The summed E-state index contributed by atoms with van der Waals surface area (Å²) in [6, 6.07) is 1.83. The van der Waals surface area contributed by atoms with E-state index in [4.69, 9.17) is 4.74 Å². The fraction of sp³-hybridized carbons (Fsp3) is 0.538. The van der Waals surface area contributed by atoms with Gasteiger partial charge in [0.15, 0.2) is 0 Å². The molecule has 1 aliphatic rings. The van der Waals surface area contributed by atoms with Crippen LogP contribution < -0.4 is 4.90 Å². The molecule has 5 heteroatoms. The molecule has 0 bridgehead atoms. The van der Waals surface area contributed by atoms with Crippen LogP contribution in [0.25, 0.3) is 0 Å². The number of aryl methyl sites for hydroxylation is 1. The van der Waals surface area contributed by atoms with Gasteiger partial charge in [-0.25, -0.2) is 4.79 Å². The van der Waals surface area contributed by atoms with E-state index >= 15 is 0 Å². The van der Waals surface area contributed by atoms with E-state index in [2.05, 4.69) is 16.8 Å². The molecule has 0 aliphatic carbocycles. The zero-order valence-electron chi connectivity index (χ0n) is 10.7. The third-order valence-corrected chi connectivity index (χ3v) is 3.18. The van der Waals surface area contributed by atoms with E-state index in [0.717, 1.165) is 30.9 Å². The monoisotopic (exact) mass is 250 g/mol. The number of hydrogen-bond donors (Lipinski definition) is 1. The van der Waals surface area contributed by atoms with Gasteiger partial charge in [-0.1, -0.05) is 6.92 Å². The normalized spacial score (nSPS) is 19.9. The summed E-state index contributed by atoms with van der Waals surface area (Å²) in [6.07, 6.45) is 2.54. The summed E-state index contributed by atoms with van der Waals surface area (Å²) in [4.78, 5) is 17.4. The van der Waals surface area contributed by atoms with Crippen molar-refractivity contribution in [3.8, 4) is 0 Å². The predicted octanol–water partition coefficient (Wildman–Crippen LogP) is 1.70. The molecule has 1 aromatic rings. The van der Waals surface area contributed by atoms with Crippen LogP contribution in [0.15, 0.2) is 12.3 Å². The first-order valence-corrected chi connectivity index (χ1v) is 6.18. The SMILES string of the molecule is CCC1CN(c2cc(C)ncc2C(=O)O)CCO1. The second-order valence-corrected chi connectivity index (χ2v) is 4.50. The van der Waals surface area contributed by atoms with E-state index in [1.54, 1.807) is 0 Å². The average molecular weight is 250 g/mol. The van der Waals surface area contributed by atoms with Crippen LogP contribution in [0.5, 0.6) is 0 Å². The maximum Gasteiger partial charge on any atom is 0.339 e. The zero-order valence-corrected chi connectivity index (χ0v) is 10.7. The third kappa shape index (κ3) is 2.61. The first kappa shape index (κ1) is 12.8. The number of pyridine rings is 1. The molecule has 5 nitrogen and oxygen atoms in total. The van der Waals surface area contributed by atoms with Gasteiger partial charge in [-0.05, 0) is 19.4 Å². The number of carboxylic acid groups (broad SMARTS) is 1. The smallest absolute Gasteiger partial charge is 0.339 e. The minimum atomic E-state index is -0.933. The molecule has 0 saturated carbocycles. The summed E-state index contributed by atoms with van der Waals surface area (Å²) in [5, 5.41) is 9.21. The first-order chi connectivity index (χ1) is 8.61. The van der Waals surface area contributed by atoms with Crippen LogP contribution in [0.4, 0.5) is 5.69 Å². The lowest BCUT2D eigenvalue weighted by atomic mass is 10.1. The standard InChI is InChI=1S/C13H18N2O3/c1-3-10-8-15(4-5-18-10)12-6-9(2)14-7-11(12)13(16)17/h6-7,10H,3-5,8H2,1-2H3,(H,16,17). The molecule has 1 aromatic heterocycles. The highest BCUT2D eigenvalue weighted by atomic mass is 16.5. The number of anilines is 1. The van der Waals surface area contributed by atoms with Gasteiger partial charge in [-0.3, -0.25) is 4.98 Å². The molecule has 0 radical (unpaired) electrons. The molecule has 1 saturated heterocycles. The van der Waals surface area contributed by atoms with Crippen molar-refractivity contribution < 1.29 is 14.6 Å². The van der Waals surface area contributed by atoms with Crippen LogP contribution in [-0.2, 0) is 4.74 Å². The lowest BCUT2D eigenvalue weighted by molar-refractivity contribution is 0.0382. The van der Waals surface area contributed by atoms with Gasteiger partial charge in [0.05, 0.1) is 18.4 Å². The number of aromatic nitrogens is 1. The summed E-state index contributed by atoms with van der Waals surface area (Å²) >= 11 is 0. The Bertz CT molecular complexity index is 448. The molecule has 1 atom stereocenters. The quantitative estimate of drug-likeness (QED) is 0.884. The number of carboxylic acids is 1. The molecular formula is C13H18N2O3. The molecule has 0 aromatic carbocycles. The summed E-state index contributed by atoms with van der Waals surface area (Å²) in [7, 11) is 0. The highest BCUT2D eigenvalue weighted by Crippen LogP contribution is 2.23. The second kappa shape index (κ2) is 5.35. The highest BCUT2D eigenvalue weighted by molar-refractivity contribution is 5.94. The van der Waals surface area contributed by atoms with Crippen molar-refractivity contribution in [2.75, 3.05) is 24.6 Å². The number of rotatable bonds is 3. The highest BCUT2D eigenvalue weighted by Gasteiger charge is 2.23. The van der Waals surface area contributed by atoms with E-state index in [1.165, 1.54) is 6.20 Å². The summed E-state index contributed by atoms with van der Waals surface area (Å²) < 4.78 is 5.60. The Balaban J connectivity index is 2.31. The van der Waals surface area contributed by atoms with Crippen molar-refractivity contribution in [1.82, 2.24) is 4.98 Å². The summed E-state index contributed by atoms with van der Waals surface area (Å²) in [5.74, 6) is -0.933. The number of morpholine rings is 1. The summed E-state index contributed by atoms with van der Waals surface area (Å²) in [5.41, 5.74) is 1.84. The van der Waals surface area contributed by atoms with Crippen molar-refractivity contribution in [3.63, 3.8) is 0 Å². The van der Waals surface area contributed by atoms with E-state index in [-0.39, 0.29) is 11.7 Å². The molecule has 1 fully saturated rings. The van der Waals surface area contributed by atoms with Crippen LogP contribution in [0.3, 0.4) is 0 Å². The van der Waals surface area contributed by atoms with Gasteiger partial charge < -0.3 is 14.7 Å². The molecule has 0 amide bonds. The van der Waals surface area contributed by atoms with Crippen molar-refractivity contribution in [2.24, 2.45) is 0 Å². The van der Waals surface area contributed by atoms with Gasteiger partial charge in [-0.15, -0.1) is 0 Å². The molecule has 1 aliphatic heterocycles. The topological polar surface area (TPSA) is 62.7 Å². The number of carbonyl (C=O) groups is 1.